The van der Waals surface area contributed by atoms with E-state index in [1.54, 1.807) is 36.3 Å². The second kappa shape index (κ2) is 10.8. The normalized spacial score (nSPS) is 15.0. The van der Waals surface area contributed by atoms with Gasteiger partial charge in [0.1, 0.15) is 5.75 Å². The van der Waals surface area contributed by atoms with Gasteiger partial charge in [-0.2, -0.15) is 4.31 Å². The third-order valence-corrected chi connectivity index (χ3v) is 10.1. The van der Waals surface area contributed by atoms with Crippen LogP contribution in [0.2, 0.25) is 0 Å². The van der Waals surface area contributed by atoms with Crippen molar-refractivity contribution >= 4 is 42.6 Å². The molecule has 9 heteroatoms. The van der Waals surface area contributed by atoms with Crippen LogP contribution in [-0.4, -0.2) is 43.8 Å². The quantitative estimate of drug-likeness (QED) is 0.302. The topological polar surface area (TPSA) is 79.8 Å². The van der Waals surface area contributed by atoms with Crippen LogP contribution in [0.1, 0.15) is 29.5 Å². The SMILES string of the molecule is COc1ccc(S(=O)(=O)N2CCC(C(=O)N(Cc3ccccc3)c3nc4cc(C)cc(C)c4s3)CC2)cc1. The molecule has 7 nitrogen and oxygen atoms in total. The number of ether oxygens (including phenoxy) is 1. The highest BCUT2D eigenvalue weighted by Gasteiger charge is 2.35. The number of anilines is 1. The van der Waals surface area contributed by atoms with Crippen LogP contribution in [0.3, 0.4) is 0 Å². The zero-order chi connectivity index (χ0) is 26.9. The Labute approximate surface area is 227 Å². The van der Waals surface area contributed by atoms with Gasteiger partial charge in [-0.3, -0.25) is 9.69 Å². The maximum atomic E-state index is 13.9. The molecular formula is C29H31N3O4S2. The number of rotatable bonds is 7. The predicted octanol–water partition coefficient (Wildman–Crippen LogP) is 5.56. The van der Waals surface area contributed by atoms with Crippen LogP contribution in [0.15, 0.2) is 71.6 Å². The summed E-state index contributed by atoms with van der Waals surface area (Å²) in [5.41, 5.74) is 4.20. The van der Waals surface area contributed by atoms with Crippen LogP contribution in [0, 0.1) is 19.8 Å². The van der Waals surface area contributed by atoms with E-state index in [1.807, 2.05) is 37.3 Å². The molecular weight excluding hydrogens is 518 g/mol. The third kappa shape index (κ3) is 5.32. The summed E-state index contributed by atoms with van der Waals surface area (Å²) >= 11 is 1.53. The summed E-state index contributed by atoms with van der Waals surface area (Å²) in [4.78, 5) is 20.8. The van der Waals surface area contributed by atoms with Crippen molar-refractivity contribution in [1.29, 1.82) is 0 Å². The molecule has 1 saturated heterocycles. The highest BCUT2D eigenvalue weighted by molar-refractivity contribution is 7.89. The van der Waals surface area contributed by atoms with Crippen molar-refractivity contribution < 1.29 is 17.9 Å². The minimum Gasteiger partial charge on any atom is -0.497 e. The Balaban J connectivity index is 1.37. The van der Waals surface area contributed by atoms with Crippen LogP contribution in [0.25, 0.3) is 10.2 Å². The van der Waals surface area contributed by atoms with Crippen molar-refractivity contribution in [3.05, 3.63) is 83.4 Å². The molecule has 0 radical (unpaired) electrons. The molecule has 5 rings (SSSR count). The van der Waals surface area contributed by atoms with Gasteiger partial charge in [0.15, 0.2) is 5.13 Å². The number of carbonyl (C=O) groups excluding carboxylic acids is 1. The Kier molecular flexibility index (Phi) is 7.52. The molecule has 0 saturated carbocycles. The standard InChI is InChI=1S/C29H31N3O4S2/c1-20-17-21(2)27-26(18-20)30-29(37-27)32(19-22-7-5-4-6-8-22)28(33)23-13-15-31(16-14-23)38(34,35)25-11-9-24(36-3)10-12-25/h4-12,17-18,23H,13-16,19H2,1-3H3. The van der Waals surface area contributed by atoms with Gasteiger partial charge in [-0.1, -0.05) is 47.7 Å². The van der Waals surface area contributed by atoms with E-state index in [1.165, 1.54) is 15.6 Å². The number of carbonyl (C=O) groups is 1. The van der Waals surface area contributed by atoms with Crippen LogP contribution < -0.4 is 9.64 Å². The van der Waals surface area contributed by atoms with Gasteiger partial charge >= 0.3 is 0 Å². The molecule has 0 bridgehead atoms. The molecule has 0 N–H and O–H groups in total. The Morgan fingerprint density at radius 3 is 2.39 bits per heavy atom. The van der Waals surface area contributed by atoms with Gasteiger partial charge in [-0.15, -0.1) is 0 Å². The number of sulfonamides is 1. The number of methoxy groups -OCH3 is 1. The number of thiazole rings is 1. The molecule has 1 aliphatic rings. The Hall–Kier alpha value is -3.27. The molecule has 1 aliphatic heterocycles. The number of fused-ring (bicyclic) bond motifs is 1. The highest BCUT2D eigenvalue weighted by atomic mass is 32.2. The zero-order valence-corrected chi connectivity index (χ0v) is 23.4. The molecule has 3 aromatic carbocycles. The fourth-order valence-corrected chi connectivity index (χ4v) is 7.44. The molecule has 1 fully saturated rings. The summed E-state index contributed by atoms with van der Waals surface area (Å²) in [5.74, 6) is 0.312. The van der Waals surface area contributed by atoms with Gasteiger partial charge in [-0.25, -0.2) is 13.4 Å². The van der Waals surface area contributed by atoms with Gasteiger partial charge in [-0.05, 0) is 73.7 Å². The maximum absolute atomic E-state index is 13.9. The first-order chi connectivity index (χ1) is 18.3. The number of hydrogen-bond donors (Lipinski definition) is 0. The van der Waals surface area contributed by atoms with E-state index in [-0.39, 0.29) is 16.7 Å². The first-order valence-corrected chi connectivity index (χ1v) is 14.9. The number of amides is 1. The Morgan fingerprint density at radius 2 is 1.74 bits per heavy atom. The van der Waals surface area contributed by atoms with E-state index in [2.05, 4.69) is 19.1 Å². The molecule has 2 heterocycles. The Morgan fingerprint density at radius 1 is 1.05 bits per heavy atom. The summed E-state index contributed by atoms with van der Waals surface area (Å²) in [7, 11) is -2.10. The summed E-state index contributed by atoms with van der Waals surface area (Å²) in [6.45, 7) is 5.12. The predicted molar refractivity (Wildman–Crippen MR) is 151 cm³/mol. The minimum atomic E-state index is -3.64. The number of aromatic nitrogens is 1. The van der Waals surface area contributed by atoms with Crippen molar-refractivity contribution in [2.24, 2.45) is 5.92 Å². The monoisotopic (exact) mass is 549 g/mol. The van der Waals surface area contributed by atoms with Crippen LogP contribution >= 0.6 is 11.3 Å². The summed E-state index contributed by atoms with van der Waals surface area (Å²) in [5, 5.41) is 0.677. The molecule has 0 atom stereocenters. The molecule has 1 aromatic heterocycles. The first kappa shape index (κ1) is 26.3. The van der Waals surface area contributed by atoms with E-state index in [9.17, 15) is 13.2 Å². The average Bonchev–Trinajstić information content (AvgIpc) is 3.36. The number of piperidine rings is 1. The van der Waals surface area contributed by atoms with Crippen molar-refractivity contribution in [1.82, 2.24) is 9.29 Å². The lowest BCUT2D eigenvalue weighted by atomic mass is 9.96. The summed E-state index contributed by atoms with van der Waals surface area (Å²) < 4.78 is 34.1. The van der Waals surface area contributed by atoms with E-state index in [0.717, 1.165) is 26.9 Å². The lowest BCUT2D eigenvalue weighted by Gasteiger charge is -2.33. The Bertz CT molecular complexity index is 1540. The third-order valence-electron chi connectivity index (χ3n) is 6.99. The second-order valence-corrected chi connectivity index (χ2v) is 12.6. The average molecular weight is 550 g/mol. The molecule has 4 aromatic rings. The molecule has 1 amide bonds. The van der Waals surface area contributed by atoms with Gasteiger partial charge in [0.05, 0.1) is 28.8 Å². The molecule has 0 aliphatic carbocycles. The van der Waals surface area contributed by atoms with E-state index < -0.39 is 10.0 Å². The lowest BCUT2D eigenvalue weighted by Crippen LogP contribution is -2.44. The van der Waals surface area contributed by atoms with Gasteiger partial charge in [0, 0.05) is 19.0 Å². The van der Waals surface area contributed by atoms with Crippen molar-refractivity contribution in [2.45, 2.75) is 38.1 Å². The number of nitrogens with zero attached hydrogens (tertiary/aromatic N) is 3. The molecule has 198 valence electrons. The number of benzene rings is 3. The van der Waals surface area contributed by atoms with Gasteiger partial charge < -0.3 is 4.74 Å². The first-order valence-electron chi connectivity index (χ1n) is 12.6. The van der Waals surface area contributed by atoms with E-state index in [0.29, 0.717) is 43.4 Å². The largest absolute Gasteiger partial charge is 0.497 e. The van der Waals surface area contributed by atoms with E-state index >= 15 is 0 Å². The van der Waals surface area contributed by atoms with Gasteiger partial charge in [0.2, 0.25) is 15.9 Å². The highest BCUT2D eigenvalue weighted by Crippen LogP contribution is 2.35. The van der Waals surface area contributed by atoms with Crippen LogP contribution in [0.5, 0.6) is 5.75 Å². The van der Waals surface area contributed by atoms with Crippen molar-refractivity contribution in [2.75, 3.05) is 25.1 Å². The number of aryl methyl sites for hydroxylation is 2. The van der Waals surface area contributed by atoms with Crippen molar-refractivity contribution in [3.63, 3.8) is 0 Å². The zero-order valence-electron chi connectivity index (χ0n) is 21.8. The maximum Gasteiger partial charge on any atom is 0.243 e. The van der Waals surface area contributed by atoms with Crippen molar-refractivity contribution in [3.8, 4) is 5.75 Å². The lowest BCUT2D eigenvalue weighted by molar-refractivity contribution is -0.123. The molecule has 0 spiro atoms. The fourth-order valence-electron chi connectivity index (χ4n) is 4.95. The second-order valence-electron chi connectivity index (χ2n) is 9.69. The minimum absolute atomic E-state index is 0.0104. The molecule has 38 heavy (non-hydrogen) atoms. The van der Waals surface area contributed by atoms with E-state index in [4.69, 9.17) is 9.72 Å². The summed E-state index contributed by atoms with van der Waals surface area (Å²) in [6, 6.07) is 20.5. The number of hydrogen-bond acceptors (Lipinski definition) is 6. The van der Waals surface area contributed by atoms with Crippen LogP contribution in [0.4, 0.5) is 5.13 Å². The smallest absolute Gasteiger partial charge is 0.243 e. The van der Waals surface area contributed by atoms with Crippen LogP contribution in [-0.2, 0) is 21.4 Å². The molecule has 0 unspecified atom stereocenters. The summed E-state index contributed by atoms with van der Waals surface area (Å²) in [6.07, 6.45) is 0.922. The fraction of sp³-hybridized carbons (Fsp3) is 0.310. The van der Waals surface area contributed by atoms with Gasteiger partial charge in [0.25, 0.3) is 0 Å².